The van der Waals surface area contributed by atoms with Gasteiger partial charge in [-0.25, -0.2) is 15.0 Å². The SMILES string of the molecule is CNC(=O)C(=O)N=C(N)c1ccccc1-c1nc2cc(-c3cnc(N)nc3)ccc2n1C(C)(C)C. The Kier molecular flexibility index (Phi) is 6.04. The summed E-state index contributed by atoms with van der Waals surface area (Å²) in [6.07, 6.45) is 3.34. The molecule has 2 amide bonds. The monoisotopic (exact) mass is 470 g/mol. The van der Waals surface area contributed by atoms with Crippen molar-refractivity contribution in [3.63, 3.8) is 0 Å². The number of carbonyl (C=O) groups excluding carboxylic acids is 2. The number of hydrogen-bond acceptors (Lipinski definition) is 6. The Bertz CT molecular complexity index is 1460. The maximum atomic E-state index is 12.0. The van der Waals surface area contributed by atoms with E-state index in [1.54, 1.807) is 24.5 Å². The fourth-order valence-electron chi connectivity index (χ4n) is 3.84. The van der Waals surface area contributed by atoms with Crippen molar-refractivity contribution in [1.82, 2.24) is 24.8 Å². The van der Waals surface area contributed by atoms with Crippen molar-refractivity contribution in [2.24, 2.45) is 10.7 Å². The standard InChI is InChI=1S/C25H26N8O2/c1-25(2,3)33-19-10-9-14(15-12-29-24(27)30-13-15)11-18(19)31-21(33)17-8-6-5-7-16(17)20(26)32-23(35)22(34)28-4/h5-13H,1-4H3,(H,28,34)(H2,26,32,35)(H2,27,29,30). The highest BCUT2D eigenvalue weighted by molar-refractivity contribution is 6.37. The summed E-state index contributed by atoms with van der Waals surface area (Å²) in [6, 6.07) is 13.2. The Morgan fingerprint density at radius 1 is 1.03 bits per heavy atom. The Hall–Kier alpha value is -4.60. The molecule has 0 spiro atoms. The van der Waals surface area contributed by atoms with Crippen LogP contribution in [0.3, 0.4) is 0 Å². The molecule has 0 unspecified atom stereocenters. The topological polar surface area (TPSA) is 154 Å². The molecule has 4 rings (SSSR count). The first-order chi connectivity index (χ1) is 16.6. The number of aliphatic imine (C=N–C) groups is 1. The molecule has 4 aromatic rings. The summed E-state index contributed by atoms with van der Waals surface area (Å²) in [5, 5.41) is 2.25. The van der Waals surface area contributed by atoms with Gasteiger partial charge in [0.25, 0.3) is 0 Å². The predicted octanol–water partition coefficient (Wildman–Crippen LogP) is 2.48. The van der Waals surface area contributed by atoms with Gasteiger partial charge in [-0.2, -0.15) is 4.99 Å². The fraction of sp³-hybridized carbons (Fsp3) is 0.200. The number of anilines is 1. The van der Waals surface area contributed by atoms with Gasteiger partial charge in [0, 0.05) is 41.7 Å². The zero-order valence-electron chi connectivity index (χ0n) is 19.9. The van der Waals surface area contributed by atoms with Crippen molar-refractivity contribution in [3.8, 4) is 22.5 Å². The molecule has 0 aliphatic heterocycles. The van der Waals surface area contributed by atoms with Crippen LogP contribution in [0, 0.1) is 0 Å². The third kappa shape index (κ3) is 4.58. The third-order valence-electron chi connectivity index (χ3n) is 5.42. The summed E-state index contributed by atoms with van der Waals surface area (Å²) >= 11 is 0. The van der Waals surface area contributed by atoms with Crippen LogP contribution in [0.15, 0.2) is 59.9 Å². The van der Waals surface area contributed by atoms with Crippen molar-refractivity contribution in [1.29, 1.82) is 0 Å². The van der Waals surface area contributed by atoms with E-state index in [4.69, 9.17) is 16.5 Å². The van der Waals surface area contributed by atoms with Crippen LogP contribution in [-0.4, -0.2) is 44.2 Å². The first kappa shape index (κ1) is 23.6. The number of aromatic nitrogens is 4. The fourth-order valence-corrected chi connectivity index (χ4v) is 3.84. The smallest absolute Gasteiger partial charge is 0.336 e. The summed E-state index contributed by atoms with van der Waals surface area (Å²) in [5.41, 5.74) is 16.0. The number of likely N-dealkylation sites (N-methyl/N-ethyl adjacent to an activating group) is 1. The van der Waals surface area contributed by atoms with Gasteiger partial charge in [0.15, 0.2) is 0 Å². The van der Waals surface area contributed by atoms with Gasteiger partial charge in [0.2, 0.25) is 5.95 Å². The molecule has 2 aromatic carbocycles. The van der Waals surface area contributed by atoms with Crippen LogP contribution in [0.5, 0.6) is 0 Å². The minimum Gasteiger partial charge on any atom is -0.383 e. The van der Waals surface area contributed by atoms with Crippen molar-refractivity contribution < 1.29 is 9.59 Å². The van der Waals surface area contributed by atoms with E-state index in [-0.39, 0.29) is 17.3 Å². The lowest BCUT2D eigenvalue weighted by Crippen LogP contribution is -2.29. The van der Waals surface area contributed by atoms with Gasteiger partial charge in [-0.1, -0.05) is 30.3 Å². The summed E-state index contributed by atoms with van der Waals surface area (Å²) in [7, 11) is 1.36. The van der Waals surface area contributed by atoms with E-state index in [0.29, 0.717) is 17.0 Å². The molecule has 10 heteroatoms. The number of nitrogen functional groups attached to an aromatic ring is 1. The van der Waals surface area contributed by atoms with Crippen LogP contribution in [0.4, 0.5) is 5.95 Å². The maximum Gasteiger partial charge on any atom is 0.336 e. The van der Waals surface area contributed by atoms with Gasteiger partial charge in [0.1, 0.15) is 11.7 Å². The number of fused-ring (bicyclic) bond motifs is 1. The predicted molar refractivity (Wildman–Crippen MR) is 135 cm³/mol. The first-order valence-corrected chi connectivity index (χ1v) is 10.9. The number of amides is 2. The molecule has 0 aliphatic carbocycles. The zero-order valence-corrected chi connectivity index (χ0v) is 19.9. The number of nitrogens with zero attached hydrogens (tertiary/aromatic N) is 5. The van der Waals surface area contributed by atoms with Crippen molar-refractivity contribution in [3.05, 3.63) is 60.4 Å². The summed E-state index contributed by atoms with van der Waals surface area (Å²) in [5.74, 6) is -1.02. The third-order valence-corrected chi connectivity index (χ3v) is 5.42. The molecule has 5 N–H and O–H groups in total. The molecule has 35 heavy (non-hydrogen) atoms. The van der Waals surface area contributed by atoms with E-state index < -0.39 is 11.8 Å². The minimum atomic E-state index is -0.973. The van der Waals surface area contributed by atoms with E-state index in [0.717, 1.165) is 22.2 Å². The van der Waals surface area contributed by atoms with Gasteiger partial charge in [-0.05, 0) is 38.5 Å². The van der Waals surface area contributed by atoms with Crippen molar-refractivity contribution >= 4 is 34.6 Å². The Labute approximate surface area is 202 Å². The van der Waals surface area contributed by atoms with Crippen LogP contribution in [0.1, 0.15) is 26.3 Å². The molecule has 0 atom stereocenters. The summed E-state index contributed by atoms with van der Waals surface area (Å²) < 4.78 is 2.11. The van der Waals surface area contributed by atoms with Crippen LogP contribution in [0.2, 0.25) is 0 Å². The molecule has 2 heterocycles. The zero-order chi connectivity index (χ0) is 25.3. The average molecular weight is 471 g/mol. The number of nitrogens with one attached hydrogen (secondary N) is 1. The van der Waals surface area contributed by atoms with E-state index >= 15 is 0 Å². The summed E-state index contributed by atoms with van der Waals surface area (Å²) in [6.45, 7) is 6.23. The molecule has 2 aromatic heterocycles. The lowest BCUT2D eigenvalue weighted by atomic mass is 10.0. The number of carbonyl (C=O) groups is 2. The van der Waals surface area contributed by atoms with Gasteiger partial charge >= 0.3 is 11.8 Å². The van der Waals surface area contributed by atoms with Crippen molar-refractivity contribution in [2.75, 3.05) is 12.8 Å². The molecule has 178 valence electrons. The highest BCUT2D eigenvalue weighted by Gasteiger charge is 2.25. The summed E-state index contributed by atoms with van der Waals surface area (Å²) in [4.78, 5) is 40.6. The number of nitrogens with two attached hydrogens (primary N) is 2. The maximum absolute atomic E-state index is 12.0. The Balaban J connectivity index is 1.91. The second-order valence-electron chi connectivity index (χ2n) is 8.90. The molecule has 0 fully saturated rings. The molecule has 0 aliphatic rings. The molecule has 10 nitrogen and oxygen atoms in total. The normalized spacial score (nSPS) is 12.1. The lowest BCUT2D eigenvalue weighted by Gasteiger charge is -2.25. The molecule has 0 saturated carbocycles. The van der Waals surface area contributed by atoms with Gasteiger partial charge in [0.05, 0.1) is 11.0 Å². The number of imidazole rings is 1. The molecule has 0 radical (unpaired) electrons. The lowest BCUT2D eigenvalue weighted by molar-refractivity contribution is -0.136. The molecular weight excluding hydrogens is 444 g/mol. The van der Waals surface area contributed by atoms with E-state index in [1.807, 2.05) is 30.3 Å². The molecular formula is C25H26N8O2. The van der Waals surface area contributed by atoms with Gasteiger partial charge in [-0.15, -0.1) is 0 Å². The number of amidine groups is 1. The molecule has 0 saturated heterocycles. The minimum absolute atomic E-state index is 0.0681. The first-order valence-electron chi connectivity index (χ1n) is 10.9. The molecule has 0 bridgehead atoms. The van der Waals surface area contributed by atoms with Gasteiger partial charge in [-0.3, -0.25) is 9.59 Å². The number of benzene rings is 2. The quantitative estimate of drug-likeness (QED) is 0.236. The largest absolute Gasteiger partial charge is 0.383 e. The Morgan fingerprint density at radius 3 is 2.37 bits per heavy atom. The van der Waals surface area contributed by atoms with Crippen LogP contribution >= 0.6 is 0 Å². The average Bonchev–Trinajstić information content (AvgIpc) is 3.23. The number of rotatable bonds is 3. The van der Waals surface area contributed by atoms with Gasteiger partial charge < -0.3 is 21.4 Å². The highest BCUT2D eigenvalue weighted by atomic mass is 16.2. The van der Waals surface area contributed by atoms with E-state index in [1.165, 1.54) is 7.05 Å². The van der Waals surface area contributed by atoms with Crippen LogP contribution < -0.4 is 16.8 Å². The van der Waals surface area contributed by atoms with E-state index in [2.05, 4.69) is 45.6 Å². The van der Waals surface area contributed by atoms with E-state index in [9.17, 15) is 9.59 Å². The van der Waals surface area contributed by atoms with Crippen LogP contribution in [0.25, 0.3) is 33.5 Å². The Morgan fingerprint density at radius 2 is 1.71 bits per heavy atom. The van der Waals surface area contributed by atoms with Crippen LogP contribution in [-0.2, 0) is 15.1 Å². The second-order valence-corrected chi connectivity index (χ2v) is 8.90. The number of hydrogen-bond donors (Lipinski definition) is 3. The van der Waals surface area contributed by atoms with Crippen molar-refractivity contribution in [2.45, 2.75) is 26.3 Å². The second kappa shape index (κ2) is 8.98. The highest BCUT2D eigenvalue weighted by Crippen LogP contribution is 2.34.